The van der Waals surface area contributed by atoms with Crippen molar-refractivity contribution in [3.05, 3.63) is 23.8 Å². The predicted molar refractivity (Wildman–Crippen MR) is 79.4 cm³/mol. The zero-order valence-corrected chi connectivity index (χ0v) is 12.2. The van der Waals surface area contributed by atoms with Crippen molar-refractivity contribution in [1.29, 1.82) is 0 Å². The Hall–Kier alpha value is -1.26. The van der Waals surface area contributed by atoms with Crippen LogP contribution in [0.4, 0.5) is 5.69 Å². The Balaban J connectivity index is 1.95. The number of hydrogen-bond acceptors (Lipinski definition) is 4. The number of nitrogens with two attached hydrogens (primary N) is 1. The SMILES string of the molecule is COc1cc(N)ccc1CN1CCC(N(C)C)CC1. The first kappa shape index (κ1) is 14.2. The third kappa shape index (κ3) is 3.61. The maximum Gasteiger partial charge on any atom is 0.125 e. The van der Waals surface area contributed by atoms with Crippen molar-refractivity contribution in [2.75, 3.05) is 40.0 Å². The van der Waals surface area contributed by atoms with Gasteiger partial charge in [0.15, 0.2) is 0 Å². The molecule has 4 heteroatoms. The second kappa shape index (κ2) is 6.26. The summed E-state index contributed by atoms with van der Waals surface area (Å²) in [6, 6.07) is 6.66. The summed E-state index contributed by atoms with van der Waals surface area (Å²) in [6.07, 6.45) is 2.48. The van der Waals surface area contributed by atoms with Gasteiger partial charge >= 0.3 is 0 Å². The lowest BCUT2D eigenvalue weighted by atomic mass is 10.0. The van der Waals surface area contributed by atoms with Crippen LogP contribution in [0.5, 0.6) is 5.75 Å². The number of likely N-dealkylation sites (tertiary alicyclic amines) is 1. The van der Waals surface area contributed by atoms with Gasteiger partial charge in [-0.05, 0) is 46.1 Å². The van der Waals surface area contributed by atoms with Gasteiger partial charge in [0, 0.05) is 29.9 Å². The van der Waals surface area contributed by atoms with Crippen LogP contribution in [0.1, 0.15) is 18.4 Å². The number of methoxy groups -OCH3 is 1. The molecule has 0 radical (unpaired) electrons. The molecule has 0 aliphatic carbocycles. The van der Waals surface area contributed by atoms with Gasteiger partial charge < -0.3 is 15.4 Å². The van der Waals surface area contributed by atoms with Crippen LogP contribution in [-0.4, -0.2) is 50.1 Å². The Bertz CT molecular complexity index is 412. The molecule has 4 nitrogen and oxygen atoms in total. The molecule has 0 atom stereocenters. The van der Waals surface area contributed by atoms with E-state index in [9.17, 15) is 0 Å². The van der Waals surface area contributed by atoms with Gasteiger partial charge in [-0.2, -0.15) is 0 Å². The molecule has 0 unspecified atom stereocenters. The smallest absolute Gasteiger partial charge is 0.125 e. The lowest BCUT2D eigenvalue weighted by molar-refractivity contribution is 0.139. The fourth-order valence-electron chi connectivity index (χ4n) is 2.73. The van der Waals surface area contributed by atoms with Gasteiger partial charge in [0.2, 0.25) is 0 Å². The van der Waals surface area contributed by atoms with Crippen LogP contribution in [0, 0.1) is 0 Å². The average Bonchev–Trinajstić information content (AvgIpc) is 2.41. The fraction of sp³-hybridized carbons (Fsp3) is 0.600. The summed E-state index contributed by atoms with van der Waals surface area (Å²) in [7, 11) is 6.04. The van der Waals surface area contributed by atoms with Crippen molar-refractivity contribution in [2.24, 2.45) is 0 Å². The van der Waals surface area contributed by atoms with Crippen LogP contribution in [0.2, 0.25) is 0 Å². The van der Waals surface area contributed by atoms with Crippen molar-refractivity contribution < 1.29 is 4.74 Å². The number of hydrogen-bond donors (Lipinski definition) is 1. The molecule has 0 saturated carbocycles. The van der Waals surface area contributed by atoms with Gasteiger partial charge in [0.05, 0.1) is 7.11 Å². The summed E-state index contributed by atoms with van der Waals surface area (Å²) in [5.41, 5.74) is 7.77. The molecule has 1 heterocycles. The first-order valence-corrected chi connectivity index (χ1v) is 6.91. The summed E-state index contributed by atoms with van der Waals surface area (Å²) in [6.45, 7) is 3.25. The Morgan fingerprint density at radius 3 is 2.58 bits per heavy atom. The van der Waals surface area contributed by atoms with E-state index in [4.69, 9.17) is 10.5 Å². The van der Waals surface area contributed by atoms with Crippen molar-refractivity contribution in [2.45, 2.75) is 25.4 Å². The molecule has 0 bridgehead atoms. The van der Waals surface area contributed by atoms with E-state index >= 15 is 0 Å². The first-order valence-electron chi connectivity index (χ1n) is 6.91. The third-order valence-corrected chi connectivity index (χ3v) is 3.99. The molecule has 2 N–H and O–H groups in total. The Kier molecular flexibility index (Phi) is 4.66. The minimum absolute atomic E-state index is 0.726. The molecule has 1 fully saturated rings. The molecular formula is C15H25N3O. The van der Waals surface area contributed by atoms with Crippen LogP contribution >= 0.6 is 0 Å². The molecule has 2 rings (SSSR count). The second-order valence-corrected chi connectivity index (χ2v) is 5.54. The lowest BCUT2D eigenvalue weighted by Crippen LogP contribution is -2.41. The van der Waals surface area contributed by atoms with Gasteiger partial charge in [0.1, 0.15) is 5.75 Å². The number of rotatable bonds is 4. The molecule has 1 saturated heterocycles. The molecule has 0 spiro atoms. The number of anilines is 1. The monoisotopic (exact) mass is 263 g/mol. The van der Waals surface area contributed by atoms with Crippen molar-refractivity contribution in [1.82, 2.24) is 9.80 Å². The highest BCUT2D eigenvalue weighted by Gasteiger charge is 2.21. The number of nitrogens with zero attached hydrogens (tertiary/aromatic N) is 2. The van der Waals surface area contributed by atoms with Gasteiger partial charge in [-0.15, -0.1) is 0 Å². The fourth-order valence-corrected chi connectivity index (χ4v) is 2.73. The maximum absolute atomic E-state index is 5.79. The quantitative estimate of drug-likeness (QED) is 0.841. The number of piperidine rings is 1. The zero-order valence-electron chi connectivity index (χ0n) is 12.2. The summed E-state index contributed by atoms with van der Waals surface area (Å²) >= 11 is 0. The molecule has 1 aromatic rings. The number of ether oxygens (including phenoxy) is 1. The Morgan fingerprint density at radius 1 is 1.32 bits per heavy atom. The van der Waals surface area contributed by atoms with Crippen LogP contribution in [0.15, 0.2) is 18.2 Å². The van der Waals surface area contributed by atoms with E-state index in [1.54, 1.807) is 7.11 Å². The minimum atomic E-state index is 0.726. The standard InChI is InChI=1S/C15H25N3O/c1-17(2)14-6-8-18(9-7-14)11-12-4-5-13(16)10-15(12)19-3/h4-5,10,14H,6-9,11,16H2,1-3H3. The van der Waals surface area contributed by atoms with E-state index < -0.39 is 0 Å². The third-order valence-electron chi connectivity index (χ3n) is 3.99. The highest BCUT2D eigenvalue weighted by atomic mass is 16.5. The van der Waals surface area contributed by atoms with E-state index in [2.05, 4.69) is 30.0 Å². The Morgan fingerprint density at radius 2 is 2.00 bits per heavy atom. The Labute approximate surface area is 116 Å². The van der Waals surface area contributed by atoms with E-state index in [1.165, 1.54) is 18.4 Å². The molecule has 0 amide bonds. The lowest BCUT2D eigenvalue weighted by Gasteiger charge is -2.35. The summed E-state index contributed by atoms with van der Waals surface area (Å²) < 4.78 is 5.41. The normalized spacial score (nSPS) is 17.9. The van der Waals surface area contributed by atoms with Crippen molar-refractivity contribution in [3.8, 4) is 5.75 Å². The van der Waals surface area contributed by atoms with Crippen LogP contribution < -0.4 is 10.5 Å². The predicted octanol–water partition coefficient (Wildman–Crippen LogP) is 1.80. The van der Waals surface area contributed by atoms with Crippen molar-refractivity contribution in [3.63, 3.8) is 0 Å². The minimum Gasteiger partial charge on any atom is -0.496 e. The topological polar surface area (TPSA) is 41.7 Å². The molecule has 0 aromatic heterocycles. The summed E-state index contributed by atoms with van der Waals surface area (Å²) in [4.78, 5) is 4.83. The van der Waals surface area contributed by atoms with E-state index in [-0.39, 0.29) is 0 Å². The molecule has 19 heavy (non-hydrogen) atoms. The first-order chi connectivity index (χ1) is 9.10. The molecule has 1 aromatic carbocycles. The highest BCUT2D eigenvalue weighted by Crippen LogP contribution is 2.24. The second-order valence-electron chi connectivity index (χ2n) is 5.54. The van der Waals surface area contributed by atoms with E-state index in [1.807, 2.05) is 12.1 Å². The molecular weight excluding hydrogens is 238 g/mol. The summed E-state index contributed by atoms with van der Waals surface area (Å²) in [5, 5.41) is 0. The van der Waals surface area contributed by atoms with Gasteiger partial charge in [-0.25, -0.2) is 0 Å². The number of nitrogen functional groups attached to an aromatic ring is 1. The van der Waals surface area contributed by atoms with E-state index in [0.29, 0.717) is 0 Å². The van der Waals surface area contributed by atoms with Gasteiger partial charge in [-0.1, -0.05) is 6.07 Å². The molecule has 106 valence electrons. The maximum atomic E-state index is 5.79. The molecule has 1 aliphatic heterocycles. The highest BCUT2D eigenvalue weighted by molar-refractivity contribution is 5.48. The largest absolute Gasteiger partial charge is 0.496 e. The van der Waals surface area contributed by atoms with Crippen molar-refractivity contribution >= 4 is 5.69 Å². The van der Waals surface area contributed by atoms with Crippen LogP contribution in [0.25, 0.3) is 0 Å². The number of benzene rings is 1. The van der Waals surface area contributed by atoms with Gasteiger partial charge in [-0.3, -0.25) is 4.90 Å². The average molecular weight is 263 g/mol. The summed E-state index contributed by atoms with van der Waals surface area (Å²) in [5.74, 6) is 0.898. The van der Waals surface area contributed by atoms with Gasteiger partial charge in [0.25, 0.3) is 0 Å². The van der Waals surface area contributed by atoms with Crippen LogP contribution in [0.3, 0.4) is 0 Å². The molecule has 1 aliphatic rings. The van der Waals surface area contributed by atoms with Crippen LogP contribution in [-0.2, 0) is 6.54 Å². The van der Waals surface area contributed by atoms with E-state index in [0.717, 1.165) is 37.1 Å². The zero-order chi connectivity index (χ0) is 13.8.